The fourth-order valence-corrected chi connectivity index (χ4v) is 6.23. The van der Waals surface area contributed by atoms with Crippen LogP contribution in [0.2, 0.25) is 0 Å². The lowest BCUT2D eigenvalue weighted by atomic mass is 10.0. The van der Waals surface area contributed by atoms with E-state index in [-0.39, 0.29) is 17.7 Å². The van der Waals surface area contributed by atoms with Crippen LogP contribution in [0, 0.1) is 29.0 Å². The minimum absolute atomic E-state index is 0.0211. The number of anilines is 1. The highest BCUT2D eigenvalue weighted by Gasteiger charge is 2.40. The van der Waals surface area contributed by atoms with Gasteiger partial charge in [0.25, 0.3) is 0 Å². The molecule has 12 heteroatoms. The van der Waals surface area contributed by atoms with Crippen molar-refractivity contribution in [2.24, 2.45) is 11.8 Å². The predicted molar refractivity (Wildman–Crippen MR) is 156 cm³/mol. The van der Waals surface area contributed by atoms with Gasteiger partial charge in [-0.3, -0.25) is 4.90 Å². The average Bonchev–Trinajstić information content (AvgIpc) is 3.82. The van der Waals surface area contributed by atoms with Gasteiger partial charge >= 0.3 is 5.97 Å². The number of hydrogen-bond acceptors (Lipinski definition) is 9. The molecule has 5 heterocycles. The molecule has 0 spiro atoms. The molecule has 0 amide bonds. The molecule has 2 aliphatic heterocycles. The molecule has 0 saturated carbocycles. The lowest BCUT2D eigenvalue weighted by Crippen LogP contribution is -2.30. The van der Waals surface area contributed by atoms with E-state index in [0.717, 1.165) is 54.5 Å². The molecule has 44 heavy (non-hydrogen) atoms. The molecule has 0 radical (unpaired) electrons. The van der Waals surface area contributed by atoms with Gasteiger partial charge in [-0.05, 0) is 48.2 Å². The zero-order valence-corrected chi connectivity index (χ0v) is 23.6. The van der Waals surface area contributed by atoms with Crippen LogP contribution < -0.4 is 9.64 Å². The quantitative estimate of drug-likeness (QED) is 0.263. The first kappa shape index (κ1) is 27.5. The van der Waals surface area contributed by atoms with Crippen molar-refractivity contribution in [3.05, 3.63) is 101 Å². The van der Waals surface area contributed by atoms with Gasteiger partial charge in [0.05, 0.1) is 47.0 Å². The highest BCUT2D eigenvalue weighted by Crippen LogP contribution is 2.35. The lowest BCUT2D eigenvalue weighted by molar-refractivity contribution is 0.0697. The molecule has 2 fully saturated rings. The molecule has 222 valence electrons. The second kappa shape index (κ2) is 11.4. The maximum Gasteiger partial charge on any atom is 0.335 e. The maximum absolute atomic E-state index is 14.3. The first-order valence-electron chi connectivity index (χ1n) is 14.3. The first-order valence-corrected chi connectivity index (χ1v) is 14.3. The van der Waals surface area contributed by atoms with E-state index in [4.69, 9.17) is 19.4 Å². The Bertz CT molecular complexity index is 1870. The minimum atomic E-state index is -0.980. The summed E-state index contributed by atoms with van der Waals surface area (Å²) in [5.74, 6) is 1.56. The molecule has 5 aromatic rings. The fraction of sp³-hybridized carbons (Fsp3) is 0.281. The molecule has 2 saturated heterocycles. The summed E-state index contributed by atoms with van der Waals surface area (Å²) in [4.78, 5) is 30.1. The van der Waals surface area contributed by atoms with E-state index in [2.05, 4.69) is 19.8 Å². The second-order valence-corrected chi connectivity index (χ2v) is 11.3. The van der Waals surface area contributed by atoms with Gasteiger partial charge in [0.15, 0.2) is 6.39 Å². The van der Waals surface area contributed by atoms with E-state index in [0.29, 0.717) is 36.4 Å². The summed E-state index contributed by atoms with van der Waals surface area (Å²) in [6.07, 6.45) is 2.97. The highest BCUT2D eigenvalue weighted by atomic mass is 19.1. The van der Waals surface area contributed by atoms with Crippen molar-refractivity contribution in [2.45, 2.75) is 19.7 Å². The van der Waals surface area contributed by atoms with Crippen molar-refractivity contribution < 1.29 is 23.4 Å². The Labute approximate surface area is 251 Å². The third-order valence-electron chi connectivity index (χ3n) is 8.40. The normalized spacial score (nSPS) is 18.0. The Balaban J connectivity index is 1.01. The number of nitriles is 1. The van der Waals surface area contributed by atoms with Crippen LogP contribution in [0.3, 0.4) is 0 Å². The zero-order valence-electron chi connectivity index (χ0n) is 23.6. The molecule has 1 N–H and O–H groups in total. The predicted octanol–water partition coefficient (Wildman–Crippen LogP) is 4.32. The number of likely N-dealkylation sites (tertiary alicyclic amines) is 1. The van der Waals surface area contributed by atoms with E-state index in [9.17, 15) is 14.3 Å². The molecule has 0 aliphatic carbocycles. The number of benzene rings is 2. The number of nitrogens with zero attached hydrogens (tertiary/aromatic N) is 7. The van der Waals surface area contributed by atoms with E-state index in [1.807, 2.05) is 22.8 Å². The molecule has 2 aromatic carbocycles. The van der Waals surface area contributed by atoms with E-state index in [1.54, 1.807) is 42.7 Å². The van der Waals surface area contributed by atoms with E-state index >= 15 is 0 Å². The van der Waals surface area contributed by atoms with Crippen molar-refractivity contribution in [3.63, 3.8) is 0 Å². The molecule has 2 aliphatic rings. The van der Waals surface area contributed by atoms with Crippen molar-refractivity contribution >= 4 is 22.8 Å². The second-order valence-electron chi connectivity index (χ2n) is 11.3. The number of hydrogen-bond donors (Lipinski definition) is 1. The van der Waals surface area contributed by atoms with Crippen LogP contribution >= 0.6 is 0 Å². The van der Waals surface area contributed by atoms with Crippen molar-refractivity contribution in [1.82, 2.24) is 24.4 Å². The molecular formula is C32H28FN7O4. The fourth-order valence-electron chi connectivity index (χ4n) is 6.23. The third kappa shape index (κ3) is 5.45. The van der Waals surface area contributed by atoms with Crippen LogP contribution in [-0.4, -0.2) is 61.7 Å². The van der Waals surface area contributed by atoms with Gasteiger partial charge in [0, 0.05) is 37.8 Å². The van der Waals surface area contributed by atoms with Gasteiger partial charge < -0.3 is 23.7 Å². The Morgan fingerprint density at radius 2 is 1.91 bits per heavy atom. The number of pyridine rings is 1. The van der Waals surface area contributed by atoms with Crippen LogP contribution in [0.15, 0.2) is 71.7 Å². The van der Waals surface area contributed by atoms with Crippen LogP contribution in [0.5, 0.6) is 5.88 Å². The van der Waals surface area contributed by atoms with Crippen LogP contribution in [-0.2, 0) is 19.7 Å². The summed E-state index contributed by atoms with van der Waals surface area (Å²) in [5.41, 5.74) is 3.08. The highest BCUT2D eigenvalue weighted by molar-refractivity contribution is 5.92. The Morgan fingerprint density at radius 3 is 2.64 bits per heavy atom. The van der Waals surface area contributed by atoms with Gasteiger partial charge in [0.1, 0.15) is 30.3 Å². The molecule has 2 atom stereocenters. The Hall–Kier alpha value is -5.28. The number of ether oxygens (including phenoxy) is 1. The minimum Gasteiger partial charge on any atom is -0.478 e. The van der Waals surface area contributed by atoms with Crippen molar-refractivity contribution in [2.75, 3.05) is 31.1 Å². The smallest absolute Gasteiger partial charge is 0.335 e. The number of carboxylic acids is 1. The molecular weight excluding hydrogens is 565 g/mol. The summed E-state index contributed by atoms with van der Waals surface area (Å²) in [6, 6.07) is 16.9. The third-order valence-corrected chi connectivity index (χ3v) is 8.40. The summed E-state index contributed by atoms with van der Waals surface area (Å²) in [6.45, 7) is 4.62. The first-order chi connectivity index (χ1) is 21.4. The zero-order chi connectivity index (χ0) is 30.2. The summed E-state index contributed by atoms with van der Waals surface area (Å²) < 4.78 is 27.3. The summed E-state index contributed by atoms with van der Waals surface area (Å²) in [7, 11) is 0. The number of rotatable bonds is 9. The number of aromatic carboxylic acids is 1. The number of aromatic nitrogens is 4. The Morgan fingerprint density at radius 1 is 1.07 bits per heavy atom. The summed E-state index contributed by atoms with van der Waals surface area (Å²) >= 11 is 0. The summed E-state index contributed by atoms with van der Waals surface area (Å²) in [5, 5.41) is 18.5. The van der Waals surface area contributed by atoms with Gasteiger partial charge in [0.2, 0.25) is 5.88 Å². The number of halogens is 1. The van der Waals surface area contributed by atoms with Crippen LogP contribution in [0.4, 0.5) is 10.2 Å². The van der Waals surface area contributed by atoms with Gasteiger partial charge in [-0.2, -0.15) is 10.2 Å². The number of carboxylic acid groups (broad SMARTS) is 1. The monoisotopic (exact) mass is 593 g/mol. The molecule has 3 aromatic heterocycles. The molecule has 11 nitrogen and oxygen atoms in total. The Kier molecular flexibility index (Phi) is 7.15. The van der Waals surface area contributed by atoms with Gasteiger partial charge in [-0.15, -0.1) is 0 Å². The molecule has 2 unspecified atom stereocenters. The lowest BCUT2D eigenvalue weighted by Gasteiger charge is -2.22. The van der Waals surface area contributed by atoms with Gasteiger partial charge in [-0.25, -0.2) is 19.2 Å². The molecule has 0 bridgehead atoms. The number of oxazole rings is 1. The maximum atomic E-state index is 14.3. The largest absolute Gasteiger partial charge is 0.478 e. The SMILES string of the molecule is N#Cc1ccc(COc2cccc(N3CC4CN(Cc5nc6ccc(C(=O)O)cc6n5Cc5cocn5)CC4C3)n2)c(F)c1. The standard InChI is InChI=1S/C32H28FN7O4/c33-26-8-20(10-34)4-5-22(26)17-44-31-3-1-2-29(37-31)39-13-23-11-38(12-24(23)14-39)16-30-36-27-7-6-21(32(41)42)9-28(27)40(30)15-25-18-43-19-35-25/h1-9,18-19,23-24H,11-17H2,(H,41,42). The number of carbonyl (C=O) groups is 1. The van der Waals surface area contributed by atoms with Crippen molar-refractivity contribution in [3.8, 4) is 11.9 Å². The van der Waals surface area contributed by atoms with E-state index < -0.39 is 11.8 Å². The van der Waals surface area contributed by atoms with Crippen molar-refractivity contribution in [1.29, 1.82) is 5.26 Å². The topological polar surface area (TPSA) is 134 Å². The van der Waals surface area contributed by atoms with E-state index in [1.165, 1.54) is 12.5 Å². The average molecular weight is 594 g/mol. The number of imidazole rings is 1. The van der Waals surface area contributed by atoms with Gasteiger partial charge in [-0.1, -0.05) is 12.1 Å². The number of fused-ring (bicyclic) bond motifs is 2. The van der Waals surface area contributed by atoms with Crippen LogP contribution in [0.1, 0.15) is 33.0 Å². The van der Waals surface area contributed by atoms with Crippen LogP contribution in [0.25, 0.3) is 11.0 Å². The molecule has 7 rings (SSSR count).